The van der Waals surface area contributed by atoms with E-state index >= 15 is 0 Å². The summed E-state index contributed by atoms with van der Waals surface area (Å²) < 4.78 is 0. The zero-order valence-corrected chi connectivity index (χ0v) is 8.77. The summed E-state index contributed by atoms with van der Waals surface area (Å²) in [6, 6.07) is 6.62. The molecule has 76 valence electrons. The summed E-state index contributed by atoms with van der Waals surface area (Å²) in [5.74, 6) is 0. The Morgan fingerprint density at radius 3 is 3.21 bits per heavy atom. The van der Waals surface area contributed by atoms with Crippen molar-refractivity contribution in [2.24, 2.45) is 0 Å². The van der Waals surface area contributed by atoms with Crippen LogP contribution in [0.5, 0.6) is 0 Å². The minimum absolute atomic E-state index is 1.06. The summed E-state index contributed by atoms with van der Waals surface area (Å²) in [6.45, 7) is 4.37. The summed E-state index contributed by atoms with van der Waals surface area (Å²) >= 11 is 0. The van der Waals surface area contributed by atoms with Gasteiger partial charge in [-0.15, -0.1) is 0 Å². The Kier molecular flexibility index (Phi) is 2.92. The van der Waals surface area contributed by atoms with Crippen molar-refractivity contribution in [1.29, 1.82) is 0 Å². The van der Waals surface area contributed by atoms with Crippen LogP contribution in [0.15, 0.2) is 18.2 Å². The van der Waals surface area contributed by atoms with E-state index in [1.807, 2.05) is 0 Å². The van der Waals surface area contributed by atoms with E-state index in [1.165, 1.54) is 36.2 Å². The topological polar surface area (TPSA) is 24.1 Å². The molecule has 0 unspecified atom stereocenters. The lowest BCUT2D eigenvalue weighted by molar-refractivity contribution is 0.830. The van der Waals surface area contributed by atoms with Crippen molar-refractivity contribution in [2.75, 3.05) is 23.7 Å². The van der Waals surface area contributed by atoms with Gasteiger partial charge in [-0.3, -0.25) is 0 Å². The van der Waals surface area contributed by atoms with Crippen molar-refractivity contribution in [1.82, 2.24) is 0 Å². The largest absolute Gasteiger partial charge is 0.385 e. The van der Waals surface area contributed by atoms with Gasteiger partial charge in [0.2, 0.25) is 0 Å². The van der Waals surface area contributed by atoms with E-state index in [0.29, 0.717) is 0 Å². The van der Waals surface area contributed by atoms with E-state index in [0.717, 1.165) is 13.1 Å². The molecule has 2 N–H and O–H groups in total. The Morgan fingerprint density at radius 1 is 1.43 bits per heavy atom. The lowest BCUT2D eigenvalue weighted by Gasteiger charge is -2.18. The van der Waals surface area contributed by atoms with Crippen molar-refractivity contribution < 1.29 is 0 Å². The average Bonchev–Trinajstić information content (AvgIpc) is 2.26. The first-order valence-electron chi connectivity index (χ1n) is 5.51. The van der Waals surface area contributed by atoms with Gasteiger partial charge >= 0.3 is 0 Å². The Bertz CT molecular complexity index is 307. The number of rotatable bonds is 3. The Balaban J connectivity index is 2.12. The molecular formula is C12H18N2. The molecule has 0 radical (unpaired) electrons. The van der Waals surface area contributed by atoms with Crippen molar-refractivity contribution >= 4 is 11.4 Å². The molecule has 2 nitrogen and oxygen atoms in total. The highest BCUT2D eigenvalue weighted by atomic mass is 14.9. The maximum absolute atomic E-state index is 3.42. The van der Waals surface area contributed by atoms with Crippen LogP contribution < -0.4 is 10.6 Å². The molecule has 1 aliphatic rings. The second-order valence-corrected chi connectivity index (χ2v) is 3.83. The Hall–Kier alpha value is -1.18. The molecule has 14 heavy (non-hydrogen) atoms. The smallest absolute Gasteiger partial charge is 0.0374 e. The molecule has 2 rings (SSSR count). The van der Waals surface area contributed by atoms with E-state index in [1.54, 1.807) is 0 Å². The molecule has 0 fully saturated rings. The predicted molar refractivity (Wildman–Crippen MR) is 62.0 cm³/mol. The third-order valence-electron chi connectivity index (χ3n) is 2.62. The van der Waals surface area contributed by atoms with E-state index in [2.05, 4.69) is 35.8 Å². The molecule has 1 aromatic rings. The van der Waals surface area contributed by atoms with Crippen LogP contribution in [0.4, 0.5) is 11.4 Å². The lowest BCUT2D eigenvalue weighted by Crippen LogP contribution is -2.12. The van der Waals surface area contributed by atoms with Crippen LogP contribution in [-0.2, 0) is 6.42 Å². The van der Waals surface area contributed by atoms with Crippen molar-refractivity contribution in [2.45, 2.75) is 26.2 Å². The predicted octanol–water partition coefficient (Wildman–Crippen LogP) is 2.87. The van der Waals surface area contributed by atoms with Gasteiger partial charge in [0.1, 0.15) is 0 Å². The molecule has 0 spiro atoms. The third-order valence-corrected chi connectivity index (χ3v) is 2.62. The number of aryl methyl sites for hydroxylation is 1. The van der Waals surface area contributed by atoms with Crippen molar-refractivity contribution in [3.63, 3.8) is 0 Å². The number of hydrogen-bond acceptors (Lipinski definition) is 2. The van der Waals surface area contributed by atoms with Crippen LogP contribution in [-0.4, -0.2) is 13.1 Å². The van der Waals surface area contributed by atoms with Gasteiger partial charge in [-0.05, 0) is 43.0 Å². The number of anilines is 2. The fourth-order valence-corrected chi connectivity index (χ4v) is 1.85. The number of nitrogens with one attached hydrogen (secondary N) is 2. The highest BCUT2D eigenvalue weighted by Gasteiger charge is 2.07. The fourth-order valence-electron chi connectivity index (χ4n) is 1.85. The molecule has 0 bridgehead atoms. The average molecular weight is 190 g/mol. The van der Waals surface area contributed by atoms with Crippen molar-refractivity contribution in [3.05, 3.63) is 23.8 Å². The van der Waals surface area contributed by atoms with Crippen LogP contribution >= 0.6 is 0 Å². The monoisotopic (exact) mass is 190 g/mol. The molecule has 2 heteroatoms. The van der Waals surface area contributed by atoms with Crippen LogP contribution in [0.25, 0.3) is 0 Å². The fraction of sp³-hybridized carbons (Fsp3) is 0.500. The summed E-state index contributed by atoms with van der Waals surface area (Å²) in [5, 5.41) is 6.83. The van der Waals surface area contributed by atoms with Crippen molar-refractivity contribution in [3.8, 4) is 0 Å². The zero-order valence-electron chi connectivity index (χ0n) is 8.77. The molecular weight excluding hydrogens is 172 g/mol. The van der Waals surface area contributed by atoms with Gasteiger partial charge in [-0.25, -0.2) is 0 Å². The van der Waals surface area contributed by atoms with E-state index < -0.39 is 0 Å². The molecule has 0 saturated carbocycles. The summed E-state index contributed by atoms with van der Waals surface area (Å²) in [7, 11) is 0. The minimum atomic E-state index is 1.06. The molecule has 0 amide bonds. The first-order chi connectivity index (χ1) is 6.90. The molecule has 0 aromatic heterocycles. The molecule has 0 saturated heterocycles. The first-order valence-corrected chi connectivity index (χ1v) is 5.51. The van der Waals surface area contributed by atoms with E-state index in [4.69, 9.17) is 0 Å². The third kappa shape index (κ3) is 2.00. The Labute approximate surface area is 85.7 Å². The molecule has 1 aliphatic heterocycles. The van der Waals surface area contributed by atoms with Crippen LogP contribution in [0.1, 0.15) is 25.3 Å². The molecule has 0 atom stereocenters. The van der Waals surface area contributed by atoms with Crippen LogP contribution in [0.2, 0.25) is 0 Å². The number of hydrogen-bond donors (Lipinski definition) is 2. The maximum atomic E-state index is 3.42. The minimum Gasteiger partial charge on any atom is -0.385 e. The second kappa shape index (κ2) is 4.36. The number of benzene rings is 1. The SMILES string of the molecule is CCCNc1ccc2c(c1)CCCN2. The maximum Gasteiger partial charge on any atom is 0.0374 e. The first kappa shape index (κ1) is 9.38. The summed E-state index contributed by atoms with van der Waals surface area (Å²) in [5.41, 5.74) is 4.03. The highest BCUT2D eigenvalue weighted by molar-refractivity contribution is 5.60. The van der Waals surface area contributed by atoms with E-state index in [-0.39, 0.29) is 0 Å². The van der Waals surface area contributed by atoms with Gasteiger partial charge in [-0.2, -0.15) is 0 Å². The number of fused-ring (bicyclic) bond motifs is 1. The van der Waals surface area contributed by atoms with Gasteiger partial charge in [0.25, 0.3) is 0 Å². The van der Waals surface area contributed by atoms with Crippen LogP contribution in [0.3, 0.4) is 0 Å². The zero-order chi connectivity index (χ0) is 9.80. The van der Waals surface area contributed by atoms with Gasteiger partial charge in [0.15, 0.2) is 0 Å². The normalized spacial score (nSPS) is 14.4. The summed E-state index contributed by atoms with van der Waals surface area (Å²) in [4.78, 5) is 0. The van der Waals surface area contributed by atoms with Gasteiger partial charge in [0.05, 0.1) is 0 Å². The van der Waals surface area contributed by atoms with E-state index in [9.17, 15) is 0 Å². The van der Waals surface area contributed by atoms with Gasteiger partial charge < -0.3 is 10.6 Å². The Morgan fingerprint density at radius 2 is 2.36 bits per heavy atom. The second-order valence-electron chi connectivity index (χ2n) is 3.83. The molecule has 1 heterocycles. The quantitative estimate of drug-likeness (QED) is 0.765. The highest BCUT2D eigenvalue weighted by Crippen LogP contribution is 2.24. The van der Waals surface area contributed by atoms with Gasteiger partial charge in [-0.1, -0.05) is 6.92 Å². The van der Waals surface area contributed by atoms with Crippen LogP contribution in [0, 0.1) is 0 Å². The standard InChI is InChI=1S/C12H18N2/c1-2-7-13-11-5-6-12-10(9-11)4-3-8-14-12/h5-6,9,13-14H,2-4,7-8H2,1H3. The summed E-state index contributed by atoms with van der Waals surface area (Å²) in [6.07, 6.45) is 3.64. The lowest BCUT2D eigenvalue weighted by atomic mass is 10.0. The molecule has 1 aromatic carbocycles. The van der Waals surface area contributed by atoms with Gasteiger partial charge in [0, 0.05) is 24.5 Å². The molecule has 0 aliphatic carbocycles.